The van der Waals surface area contributed by atoms with Crippen molar-refractivity contribution < 1.29 is 13.9 Å². The van der Waals surface area contributed by atoms with Crippen molar-refractivity contribution in [3.63, 3.8) is 0 Å². The number of nitrogens with one attached hydrogen (secondary N) is 2. The van der Waals surface area contributed by atoms with Crippen LogP contribution in [-0.4, -0.2) is 26.1 Å². The van der Waals surface area contributed by atoms with E-state index < -0.39 is 0 Å². The molecule has 1 aromatic rings. The van der Waals surface area contributed by atoms with Gasteiger partial charge < -0.3 is 15.4 Å². The van der Waals surface area contributed by atoms with Gasteiger partial charge in [0.2, 0.25) is 0 Å². The summed E-state index contributed by atoms with van der Waals surface area (Å²) in [5.41, 5.74) is 0.691. The zero-order valence-electron chi connectivity index (χ0n) is 10.0. The quantitative estimate of drug-likeness (QED) is 0.781. The Kier molecular flexibility index (Phi) is 5.42. The van der Waals surface area contributed by atoms with E-state index >= 15 is 0 Å². The summed E-state index contributed by atoms with van der Waals surface area (Å²) in [6.07, 6.45) is 0. The molecule has 0 saturated heterocycles. The number of halogens is 1. The number of amides is 1. The van der Waals surface area contributed by atoms with Crippen LogP contribution >= 0.6 is 0 Å². The average molecular weight is 240 g/mol. The van der Waals surface area contributed by atoms with Crippen molar-refractivity contribution in [1.29, 1.82) is 0 Å². The molecule has 0 aliphatic heterocycles. The molecule has 4 nitrogen and oxygen atoms in total. The Hall–Kier alpha value is -1.62. The molecule has 1 aromatic carbocycles. The molecule has 94 valence electrons. The molecule has 1 rings (SSSR count). The van der Waals surface area contributed by atoms with Gasteiger partial charge in [0, 0.05) is 18.7 Å². The Morgan fingerprint density at radius 3 is 2.88 bits per heavy atom. The lowest BCUT2D eigenvalue weighted by Gasteiger charge is -2.11. The Bertz CT molecular complexity index is 383. The van der Waals surface area contributed by atoms with Gasteiger partial charge in [-0.3, -0.25) is 4.79 Å². The number of likely N-dealkylation sites (N-methyl/N-ethyl adjacent to an activating group) is 1. The molecular weight excluding hydrogens is 223 g/mol. The van der Waals surface area contributed by atoms with Crippen LogP contribution in [0.4, 0.5) is 4.39 Å². The number of benzene rings is 1. The zero-order chi connectivity index (χ0) is 12.7. The van der Waals surface area contributed by atoms with E-state index in [-0.39, 0.29) is 18.3 Å². The van der Waals surface area contributed by atoms with E-state index in [4.69, 9.17) is 4.74 Å². The molecule has 2 N–H and O–H groups in total. The molecule has 0 fully saturated rings. The number of carbonyl (C=O) groups excluding carboxylic acids is 1. The first-order valence-electron chi connectivity index (χ1n) is 5.50. The summed E-state index contributed by atoms with van der Waals surface area (Å²) in [6, 6.07) is 4.23. The van der Waals surface area contributed by atoms with Gasteiger partial charge in [-0.15, -0.1) is 0 Å². The molecule has 0 unspecified atom stereocenters. The highest BCUT2D eigenvalue weighted by molar-refractivity contribution is 5.77. The Balaban J connectivity index is 2.66. The SMILES string of the molecule is CCNC(=O)COc1ccc(F)cc1CNC. The molecule has 0 atom stereocenters. The van der Waals surface area contributed by atoms with E-state index in [2.05, 4.69) is 10.6 Å². The second-order valence-corrected chi connectivity index (χ2v) is 3.52. The fourth-order valence-corrected chi connectivity index (χ4v) is 1.41. The molecule has 0 aliphatic carbocycles. The smallest absolute Gasteiger partial charge is 0.257 e. The molecule has 5 heteroatoms. The highest BCUT2D eigenvalue weighted by Gasteiger charge is 2.07. The fourth-order valence-electron chi connectivity index (χ4n) is 1.41. The third-order valence-corrected chi connectivity index (χ3v) is 2.12. The first-order valence-corrected chi connectivity index (χ1v) is 5.50. The Morgan fingerprint density at radius 1 is 1.47 bits per heavy atom. The summed E-state index contributed by atoms with van der Waals surface area (Å²) in [5, 5.41) is 5.54. The predicted molar refractivity (Wildman–Crippen MR) is 63.3 cm³/mol. The topological polar surface area (TPSA) is 50.4 Å². The van der Waals surface area contributed by atoms with Crippen LogP contribution in [0.5, 0.6) is 5.75 Å². The third kappa shape index (κ3) is 4.40. The van der Waals surface area contributed by atoms with Gasteiger partial charge in [-0.05, 0) is 32.2 Å². The average Bonchev–Trinajstić information content (AvgIpc) is 2.29. The standard InChI is InChI=1S/C12H17FN2O2/c1-3-15-12(16)8-17-11-5-4-10(13)6-9(11)7-14-2/h4-6,14H,3,7-8H2,1-2H3,(H,15,16). The van der Waals surface area contributed by atoms with Crippen LogP contribution in [0.15, 0.2) is 18.2 Å². The minimum absolute atomic E-state index is 0.0593. The molecule has 0 saturated carbocycles. The molecule has 1 amide bonds. The summed E-state index contributed by atoms with van der Waals surface area (Å²) < 4.78 is 18.4. The van der Waals surface area contributed by atoms with Gasteiger partial charge in [0.25, 0.3) is 5.91 Å². The van der Waals surface area contributed by atoms with Crippen molar-refractivity contribution in [2.45, 2.75) is 13.5 Å². The number of hydrogen-bond donors (Lipinski definition) is 2. The maximum absolute atomic E-state index is 13.0. The van der Waals surface area contributed by atoms with Crippen LogP contribution < -0.4 is 15.4 Å². The zero-order valence-corrected chi connectivity index (χ0v) is 10.0. The van der Waals surface area contributed by atoms with Gasteiger partial charge in [-0.1, -0.05) is 0 Å². The first-order chi connectivity index (χ1) is 8.17. The van der Waals surface area contributed by atoms with E-state index in [9.17, 15) is 9.18 Å². The van der Waals surface area contributed by atoms with Crippen LogP contribution in [-0.2, 0) is 11.3 Å². The lowest BCUT2D eigenvalue weighted by atomic mass is 10.2. The molecule has 0 heterocycles. The molecule has 0 aromatic heterocycles. The van der Waals surface area contributed by atoms with Crippen LogP contribution in [0.25, 0.3) is 0 Å². The van der Waals surface area contributed by atoms with Gasteiger partial charge in [0.05, 0.1) is 0 Å². The maximum atomic E-state index is 13.0. The summed E-state index contributed by atoms with van der Waals surface area (Å²) in [5.74, 6) is 0.0137. The molecule has 17 heavy (non-hydrogen) atoms. The monoisotopic (exact) mass is 240 g/mol. The molecule has 0 spiro atoms. The molecule has 0 radical (unpaired) electrons. The summed E-state index contributed by atoms with van der Waals surface area (Å²) in [4.78, 5) is 11.2. The highest BCUT2D eigenvalue weighted by atomic mass is 19.1. The van der Waals surface area contributed by atoms with E-state index in [1.165, 1.54) is 18.2 Å². The van der Waals surface area contributed by atoms with Gasteiger partial charge in [-0.25, -0.2) is 4.39 Å². The van der Waals surface area contributed by atoms with E-state index in [1.54, 1.807) is 7.05 Å². The molecular formula is C12H17FN2O2. The number of ether oxygens (including phenoxy) is 1. The number of carbonyl (C=O) groups is 1. The first kappa shape index (κ1) is 13.4. The normalized spacial score (nSPS) is 10.1. The number of rotatable bonds is 6. The van der Waals surface area contributed by atoms with Crippen LogP contribution in [0, 0.1) is 5.82 Å². The van der Waals surface area contributed by atoms with Crippen LogP contribution in [0.2, 0.25) is 0 Å². The van der Waals surface area contributed by atoms with Crippen molar-refractivity contribution in [2.75, 3.05) is 20.2 Å². The lowest BCUT2D eigenvalue weighted by Crippen LogP contribution is -2.28. The van der Waals surface area contributed by atoms with Crippen molar-refractivity contribution >= 4 is 5.91 Å². The largest absolute Gasteiger partial charge is 0.483 e. The van der Waals surface area contributed by atoms with E-state index in [1.807, 2.05) is 6.92 Å². The van der Waals surface area contributed by atoms with Crippen LogP contribution in [0.3, 0.4) is 0 Å². The Labute approximate surface area is 100 Å². The highest BCUT2D eigenvalue weighted by Crippen LogP contribution is 2.19. The van der Waals surface area contributed by atoms with Crippen LogP contribution in [0.1, 0.15) is 12.5 Å². The van der Waals surface area contributed by atoms with Crippen molar-refractivity contribution in [3.8, 4) is 5.75 Å². The van der Waals surface area contributed by atoms with Crippen molar-refractivity contribution in [2.24, 2.45) is 0 Å². The van der Waals surface area contributed by atoms with E-state index in [0.717, 1.165) is 0 Å². The number of hydrogen-bond acceptors (Lipinski definition) is 3. The van der Waals surface area contributed by atoms with Gasteiger partial charge >= 0.3 is 0 Å². The minimum Gasteiger partial charge on any atom is -0.483 e. The van der Waals surface area contributed by atoms with Crippen molar-refractivity contribution in [3.05, 3.63) is 29.6 Å². The third-order valence-electron chi connectivity index (χ3n) is 2.12. The summed E-state index contributed by atoms with van der Waals surface area (Å²) in [6.45, 7) is 2.83. The molecule has 0 bridgehead atoms. The second-order valence-electron chi connectivity index (χ2n) is 3.52. The summed E-state index contributed by atoms with van der Waals surface area (Å²) >= 11 is 0. The van der Waals surface area contributed by atoms with E-state index in [0.29, 0.717) is 24.4 Å². The second kappa shape index (κ2) is 6.85. The van der Waals surface area contributed by atoms with Gasteiger partial charge in [-0.2, -0.15) is 0 Å². The predicted octanol–water partition coefficient (Wildman–Crippen LogP) is 1.06. The lowest BCUT2D eigenvalue weighted by molar-refractivity contribution is -0.122. The Morgan fingerprint density at radius 2 is 2.24 bits per heavy atom. The molecule has 0 aliphatic rings. The minimum atomic E-state index is -0.319. The maximum Gasteiger partial charge on any atom is 0.257 e. The van der Waals surface area contributed by atoms with Gasteiger partial charge in [0.1, 0.15) is 11.6 Å². The van der Waals surface area contributed by atoms with Crippen molar-refractivity contribution in [1.82, 2.24) is 10.6 Å². The summed E-state index contributed by atoms with van der Waals surface area (Å²) in [7, 11) is 1.76. The fraction of sp³-hybridized carbons (Fsp3) is 0.417. The van der Waals surface area contributed by atoms with Gasteiger partial charge in [0.15, 0.2) is 6.61 Å².